The lowest BCUT2D eigenvalue weighted by Crippen LogP contribution is -2.24. The Balaban J connectivity index is 2.71. The first-order valence-electron chi connectivity index (χ1n) is 5.28. The average molecular weight is 288 g/mol. The third kappa shape index (κ3) is 3.87. The van der Waals surface area contributed by atoms with Crippen molar-refractivity contribution >= 4 is 15.9 Å². The highest BCUT2D eigenvalue weighted by Crippen LogP contribution is 2.26. The summed E-state index contributed by atoms with van der Waals surface area (Å²) in [6.45, 7) is 3.00. The lowest BCUT2D eigenvalue weighted by Gasteiger charge is -2.22. The number of halogens is 1. The van der Waals surface area contributed by atoms with Gasteiger partial charge in [-0.25, -0.2) is 0 Å². The zero-order valence-electron chi connectivity index (χ0n) is 9.65. The number of rotatable bonds is 6. The third-order valence-electron chi connectivity index (χ3n) is 2.26. The van der Waals surface area contributed by atoms with Gasteiger partial charge in [-0.05, 0) is 18.6 Å². The van der Waals surface area contributed by atoms with E-state index in [1.54, 1.807) is 7.11 Å². The summed E-state index contributed by atoms with van der Waals surface area (Å²) in [6.07, 6.45) is -0.0635. The minimum Gasteiger partial charge on any atom is -0.382 e. The van der Waals surface area contributed by atoms with Crippen molar-refractivity contribution in [2.24, 2.45) is 5.73 Å². The molecular formula is C12H18BrNO2. The quantitative estimate of drug-likeness (QED) is 0.874. The molecule has 90 valence electrons. The molecular weight excluding hydrogens is 270 g/mol. The fraction of sp³-hybridized carbons (Fsp3) is 0.500. The van der Waals surface area contributed by atoms with Crippen LogP contribution in [0.1, 0.15) is 18.6 Å². The van der Waals surface area contributed by atoms with Gasteiger partial charge in [-0.2, -0.15) is 0 Å². The molecule has 2 atom stereocenters. The molecule has 0 aliphatic carbocycles. The molecule has 0 spiro atoms. The van der Waals surface area contributed by atoms with Gasteiger partial charge in [0.25, 0.3) is 0 Å². The zero-order chi connectivity index (χ0) is 12.0. The van der Waals surface area contributed by atoms with Crippen molar-refractivity contribution in [3.63, 3.8) is 0 Å². The van der Waals surface area contributed by atoms with E-state index >= 15 is 0 Å². The smallest absolute Gasteiger partial charge is 0.0962 e. The maximum Gasteiger partial charge on any atom is 0.0962 e. The highest BCUT2D eigenvalue weighted by atomic mass is 79.9. The van der Waals surface area contributed by atoms with Crippen LogP contribution in [0.5, 0.6) is 0 Å². The van der Waals surface area contributed by atoms with Crippen LogP contribution in [0, 0.1) is 0 Å². The van der Waals surface area contributed by atoms with Crippen LogP contribution in [0.25, 0.3) is 0 Å². The third-order valence-corrected chi connectivity index (χ3v) is 2.99. The van der Waals surface area contributed by atoms with E-state index in [-0.39, 0.29) is 12.2 Å². The predicted octanol–water partition coefficient (Wildman–Crippen LogP) is 2.50. The van der Waals surface area contributed by atoms with Gasteiger partial charge in [-0.1, -0.05) is 34.1 Å². The van der Waals surface area contributed by atoms with Gasteiger partial charge in [-0.15, -0.1) is 0 Å². The van der Waals surface area contributed by atoms with Gasteiger partial charge in [0, 0.05) is 18.1 Å². The fourth-order valence-electron chi connectivity index (χ4n) is 1.55. The van der Waals surface area contributed by atoms with Gasteiger partial charge < -0.3 is 15.2 Å². The van der Waals surface area contributed by atoms with Crippen molar-refractivity contribution in [2.75, 3.05) is 20.3 Å². The number of ether oxygens (including phenoxy) is 2. The van der Waals surface area contributed by atoms with Crippen LogP contribution < -0.4 is 5.73 Å². The molecule has 0 amide bonds. The second-order valence-electron chi connectivity index (χ2n) is 3.65. The fourth-order valence-corrected chi connectivity index (χ4v) is 2.09. The molecule has 1 aromatic rings. The molecule has 4 heteroatoms. The van der Waals surface area contributed by atoms with Crippen LogP contribution in [-0.4, -0.2) is 26.4 Å². The summed E-state index contributed by atoms with van der Waals surface area (Å²) in [7, 11) is 1.66. The standard InChI is InChI=1S/C12H18BrNO2/c1-9(8-15-2)16-12(7-14)10-5-3-4-6-11(10)13/h3-6,9,12H,7-8,14H2,1-2H3. The Morgan fingerprint density at radius 2 is 2.06 bits per heavy atom. The molecule has 2 unspecified atom stereocenters. The monoisotopic (exact) mass is 287 g/mol. The normalized spacial score (nSPS) is 14.8. The summed E-state index contributed by atoms with van der Waals surface area (Å²) in [6, 6.07) is 7.95. The molecule has 1 rings (SSSR count). The highest BCUT2D eigenvalue weighted by Gasteiger charge is 2.16. The molecule has 0 saturated heterocycles. The number of methoxy groups -OCH3 is 1. The van der Waals surface area contributed by atoms with E-state index in [2.05, 4.69) is 15.9 Å². The van der Waals surface area contributed by atoms with Gasteiger partial charge in [-0.3, -0.25) is 0 Å². The summed E-state index contributed by atoms with van der Waals surface area (Å²) >= 11 is 3.50. The number of benzene rings is 1. The molecule has 0 heterocycles. The maximum absolute atomic E-state index is 5.83. The molecule has 0 radical (unpaired) electrons. The van der Waals surface area contributed by atoms with Crippen molar-refractivity contribution in [3.05, 3.63) is 34.3 Å². The van der Waals surface area contributed by atoms with Gasteiger partial charge in [0.15, 0.2) is 0 Å². The van der Waals surface area contributed by atoms with Crippen molar-refractivity contribution < 1.29 is 9.47 Å². The van der Waals surface area contributed by atoms with Crippen LogP contribution in [0.2, 0.25) is 0 Å². The van der Waals surface area contributed by atoms with Crippen LogP contribution in [0.15, 0.2) is 28.7 Å². The second-order valence-corrected chi connectivity index (χ2v) is 4.50. The molecule has 0 aliphatic rings. The van der Waals surface area contributed by atoms with E-state index in [1.807, 2.05) is 31.2 Å². The summed E-state index contributed by atoms with van der Waals surface area (Å²) in [5, 5.41) is 0. The van der Waals surface area contributed by atoms with Gasteiger partial charge >= 0.3 is 0 Å². The van der Waals surface area contributed by atoms with Crippen LogP contribution in [0.3, 0.4) is 0 Å². The first-order valence-corrected chi connectivity index (χ1v) is 6.07. The maximum atomic E-state index is 5.83. The first kappa shape index (κ1) is 13.6. The molecule has 0 bridgehead atoms. The number of hydrogen-bond acceptors (Lipinski definition) is 3. The molecule has 3 nitrogen and oxygen atoms in total. The Morgan fingerprint density at radius 3 is 2.62 bits per heavy atom. The Bertz CT molecular complexity index is 320. The molecule has 0 aliphatic heterocycles. The molecule has 2 N–H and O–H groups in total. The highest BCUT2D eigenvalue weighted by molar-refractivity contribution is 9.10. The average Bonchev–Trinajstić information content (AvgIpc) is 2.27. The molecule has 0 aromatic heterocycles. The van der Waals surface area contributed by atoms with E-state index in [0.717, 1.165) is 10.0 Å². The zero-order valence-corrected chi connectivity index (χ0v) is 11.2. The Hall–Kier alpha value is -0.420. The first-order chi connectivity index (χ1) is 7.69. The topological polar surface area (TPSA) is 44.5 Å². The number of hydrogen-bond donors (Lipinski definition) is 1. The van der Waals surface area contributed by atoms with Crippen molar-refractivity contribution in [1.29, 1.82) is 0 Å². The van der Waals surface area contributed by atoms with E-state index < -0.39 is 0 Å². The van der Waals surface area contributed by atoms with Crippen molar-refractivity contribution in [2.45, 2.75) is 19.1 Å². The predicted molar refractivity (Wildman–Crippen MR) is 68.4 cm³/mol. The van der Waals surface area contributed by atoms with Crippen molar-refractivity contribution in [1.82, 2.24) is 0 Å². The molecule has 1 aromatic carbocycles. The Kier molecular flexibility index (Phi) is 5.98. The van der Waals surface area contributed by atoms with E-state index in [1.165, 1.54) is 0 Å². The van der Waals surface area contributed by atoms with E-state index in [9.17, 15) is 0 Å². The Labute approximate surface area is 105 Å². The summed E-state index contributed by atoms with van der Waals surface area (Å²) in [5.41, 5.74) is 6.81. The molecule has 0 fully saturated rings. The van der Waals surface area contributed by atoms with Gasteiger partial charge in [0.05, 0.1) is 18.8 Å². The summed E-state index contributed by atoms with van der Waals surface area (Å²) < 4.78 is 11.9. The lowest BCUT2D eigenvalue weighted by atomic mass is 10.1. The van der Waals surface area contributed by atoms with Crippen LogP contribution in [0.4, 0.5) is 0 Å². The van der Waals surface area contributed by atoms with Crippen molar-refractivity contribution in [3.8, 4) is 0 Å². The summed E-state index contributed by atoms with van der Waals surface area (Å²) in [4.78, 5) is 0. The number of nitrogens with two attached hydrogens (primary N) is 1. The molecule has 16 heavy (non-hydrogen) atoms. The van der Waals surface area contributed by atoms with E-state index in [0.29, 0.717) is 13.2 Å². The summed E-state index contributed by atoms with van der Waals surface area (Å²) in [5.74, 6) is 0. The lowest BCUT2D eigenvalue weighted by molar-refractivity contribution is -0.0364. The van der Waals surface area contributed by atoms with Crippen LogP contribution in [-0.2, 0) is 9.47 Å². The van der Waals surface area contributed by atoms with Crippen LogP contribution >= 0.6 is 15.9 Å². The SMILES string of the molecule is COCC(C)OC(CN)c1ccccc1Br. The Morgan fingerprint density at radius 1 is 1.38 bits per heavy atom. The minimum absolute atomic E-state index is 0.0330. The second kappa shape index (κ2) is 7.01. The van der Waals surface area contributed by atoms with E-state index in [4.69, 9.17) is 15.2 Å². The molecule has 0 saturated carbocycles. The van der Waals surface area contributed by atoms with Gasteiger partial charge in [0.1, 0.15) is 0 Å². The minimum atomic E-state index is -0.0966. The van der Waals surface area contributed by atoms with Gasteiger partial charge in [0.2, 0.25) is 0 Å². The largest absolute Gasteiger partial charge is 0.382 e.